The van der Waals surface area contributed by atoms with Crippen molar-refractivity contribution in [1.29, 1.82) is 0 Å². The van der Waals surface area contributed by atoms with Gasteiger partial charge in [0.25, 0.3) is 0 Å². The Morgan fingerprint density at radius 2 is 1.90 bits per heavy atom. The topological polar surface area (TPSA) is 52.0 Å². The van der Waals surface area contributed by atoms with Gasteiger partial charge in [-0.2, -0.15) is 0 Å². The number of H-pyrrole nitrogens is 1. The predicted octanol–water partition coefficient (Wildman–Crippen LogP) is 0.200. The maximum atomic E-state index is 12.3. The first-order valence-corrected chi connectivity index (χ1v) is 7.35. The molecule has 1 aromatic heterocycles. The Morgan fingerprint density at radius 3 is 2.62 bits per heavy atom. The van der Waals surface area contributed by atoms with E-state index < -0.39 is 0 Å². The number of aromatic nitrogens is 2. The summed E-state index contributed by atoms with van der Waals surface area (Å²) < 4.78 is 2.02. The Balaban J connectivity index is 1.87. The Morgan fingerprint density at radius 1 is 1.19 bits per heavy atom. The highest BCUT2D eigenvalue weighted by molar-refractivity contribution is 5.27. The van der Waals surface area contributed by atoms with Gasteiger partial charge in [0.1, 0.15) is 0 Å². The van der Waals surface area contributed by atoms with Gasteiger partial charge in [-0.25, -0.2) is 9.55 Å². The molecule has 2 aromatic rings. The van der Waals surface area contributed by atoms with Gasteiger partial charge >= 0.3 is 11.5 Å². The van der Waals surface area contributed by atoms with Gasteiger partial charge in [-0.1, -0.05) is 30.3 Å². The zero-order valence-corrected chi connectivity index (χ0v) is 12.3. The molecule has 0 aliphatic carbocycles. The molecule has 1 aliphatic rings. The minimum absolute atomic E-state index is 0.00508. The number of hydrogen-bond acceptors (Lipinski definition) is 3. The van der Waals surface area contributed by atoms with Gasteiger partial charge in [0, 0.05) is 19.5 Å². The summed E-state index contributed by atoms with van der Waals surface area (Å²) >= 11 is 0. The van der Waals surface area contributed by atoms with Crippen LogP contribution in [0, 0.1) is 0 Å². The van der Waals surface area contributed by atoms with Crippen LogP contribution in [0.25, 0.3) is 0 Å². The molecule has 0 saturated carbocycles. The average molecular weight is 285 g/mol. The summed E-state index contributed by atoms with van der Waals surface area (Å²) in [7, 11) is 1.99. The molecule has 0 amide bonds. The standard InChI is InChI=1S/C16H20N4O/c1-19-12-14(11-13-5-3-2-4-6-13)15(21)18-16(19)20-9-7-17-8-10-20/h2-6,12,17H,7-11H2,1H3/p+1. The second-order valence-corrected chi connectivity index (χ2v) is 5.44. The molecule has 21 heavy (non-hydrogen) atoms. The largest absolute Gasteiger partial charge is 0.360 e. The Labute approximate surface area is 124 Å². The first-order valence-electron chi connectivity index (χ1n) is 7.35. The van der Waals surface area contributed by atoms with Crippen LogP contribution in [0.3, 0.4) is 0 Å². The third-order valence-corrected chi connectivity index (χ3v) is 3.85. The van der Waals surface area contributed by atoms with Crippen LogP contribution >= 0.6 is 0 Å². The van der Waals surface area contributed by atoms with Crippen LogP contribution in [0.4, 0.5) is 5.95 Å². The van der Waals surface area contributed by atoms with E-state index in [0.717, 1.165) is 43.3 Å². The number of nitrogens with one attached hydrogen (secondary N) is 2. The monoisotopic (exact) mass is 285 g/mol. The van der Waals surface area contributed by atoms with Crippen LogP contribution in [0.5, 0.6) is 0 Å². The lowest BCUT2D eigenvalue weighted by atomic mass is 10.1. The second-order valence-electron chi connectivity index (χ2n) is 5.44. The Kier molecular flexibility index (Phi) is 4.01. The summed E-state index contributed by atoms with van der Waals surface area (Å²) in [6.45, 7) is 3.74. The maximum absolute atomic E-state index is 12.3. The molecule has 2 N–H and O–H groups in total. The SMILES string of the molecule is C[n+]1cc(Cc2ccccc2)c(=O)[nH]c1N1CCNCC1. The Bertz CT molecular complexity index is 660. The minimum atomic E-state index is 0.00508. The van der Waals surface area contributed by atoms with E-state index in [-0.39, 0.29) is 5.56 Å². The van der Waals surface area contributed by atoms with Crippen LogP contribution in [-0.2, 0) is 13.5 Å². The smallest absolute Gasteiger partial charge is 0.310 e. The summed E-state index contributed by atoms with van der Waals surface area (Å²) in [6.07, 6.45) is 2.61. The van der Waals surface area contributed by atoms with E-state index >= 15 is 0 Å². The van der Waals surface area contributed by atoms with E-state index in [1.807, 2.05) is 48.1 Å². The van der Waals surface area contributed by atoms with Gasteiger partial charge in [-0.05, 0) is 5.56 Å². The highest BCUT2D eigenvalue weighted by Gasteiger charge is 2.22. The van der Waals surface area contributed by atoms with Crippen LogP contribution in [0.1, 0.15) is 11.1 Å². The van der Waals surface area contributed by atoms with Gasteiger partial charge in [0.15, 0.2) is 0 Å². The van der Waals surface area contributed by atoms with E-state index in [1.54, 1.807) is 0 Å². The second kappa shape index (κ2) is 6.10. The number of aryl methyl sites for hydroxylation is 1. The van der Waals surface area contributed by atoms with E-state index in [0.29, 0.717) is 6.42 Å². The fourth-order valence-corrected chi connectivity index (χ4v) is 2.74. The molecule has 0 bridgehead atoms. The number of anilines is 1. The molecule has 2 heterocycles. The van der Waals surface area contributed by atoms with Crippen LogP contribution in [0.2, 0.25) is 0 Å². The Hall–Kier alpha value is -2.14. The van der Waals surface area contributed by atoms with Crippen molar-refractivity contribution in [2.24, 2.45) is 7.05 Å². The fourth-order valence-electron chi connectivity index (χ4n) is 2.74. The number of benzene rings is 1. The van der Waals surface area contributed by atoms with E-state index in [4.69, 9.17) is 0 Å². The first kappa shape index (κ1) is 13.8. The maximum Gasteiger partial charge on any atom is 0.360 e. The molecule has 0 radical (unpaired) electrons. The molecular formula is C16H21N4O+. The minimum Gasteiger partial charge on any atom is -0.310 e. The lowest BCUT2D eigenvalue weighted by molar-refractivity contribution is -0.662. The predicted molar refractivity (Wildman–Crippen MR) is 82.6 cm³/mol. The van der Waals surface area contributed by atoms with Crippen LogP contribution in [0.15, 0.2) is 41.3 Å². The van der Waals surface area contributed by atoms with Crippen molar-refractivity contribution in [3.8, 4) is 0 Å². The molecule has 5 heteroatoms. The van der Waals surface area contributed by atoms with Crippen molar-refractivity contribution in [2.75, 3.05) is 31.1 Å². The molecule has 1 aromatic carbocycles. The van der Waals surface area contributed by atoms with Gasteiger partial charge in [0.2, 0.25) is 0 Å². The van der Waals surface area contributed by atoms with Crippen molar-refractivity contribution in [3.05, 3.63) is 58.0 Å². The quantitative estimate of drug-likeness (QED) is 0.792. The van der Waals surface area contributed by atoms with Gasteiger partial charge in [-0.3, -0.25) is 9.69 Å². The molecular weight excluding hydrogens is 264 g/mol. The molecule has 1 fully saturated rings. The molecule has 110 valence electrons. The van der Waals surface area contributed by atoms with Crippen LogP contribution < -0.4 is 20.3 Å². The third-order valence-electron chi connectivity index (χ3n) is 3.85. The highest BCUT2D eigenvalue weighted by atomic mass is 16.1. The van der Waals surface area contributed by atoms with E-state index in [2.05, 4.69) is 15.2 Å². The third kappa shape index (κ3) is 3.13. The summed E-state index contributed by atoms with van der Waals surface area (Å²) in [5, 5.41) is 3.32. The van der Waals surface area contributed by atoms with Gasteiger partial charge in [0.05, 0.1) is 31.9 Å². The molecule has 0 atom stereocenters. The van der Waals surface area contributed by atoms with Crippen molar-refractivity contribution in [3.63, 3.8) is 0 Å². The molecule has 5 nitrogen and oxygen atoms in total. The van der Waals surface area contributed by atoms with E-state index in [9.17, 15) is 4.79 Å². The molecule has 1 aliphatic heterocycles. The molecule has 3 rings (SSSR count). The first-order chi connectivity index (χ1) is 10.2. The molecule has 0 spiro atoms. The number of hydrogen-bond donors (Lipinski definition) is 2. The number of piperazine rings is 1. The van der Waals surface area contributed by atoms with Crippen molar-refractivity contribution < 1.29 is 4.57 Å². The van der Waals surface area contributed by atoms with Crippen molar-refractivity contribution in [1.82, 2.24) is 10.3 Å². The lowest BCUT2D eigenvalue weighted by Gasteiger charge is -2.23. The van der Waals surface area contributed by atoms with Crippen molar-refractivity contribution in [2.45, 2.75) is 6.42 Å². The summed E-state index contributed by atoms with van der Waals surface area (Å²) in [5.41, 5.74) is 1.95. The summed E-state index contributed by atoms with van der Waals surface area (Å²) in [5.74, 6) is 0.887. The fraction of sp³-hybridized carbons (Fsp3) is 0.375. The number of aromatic amines is 1. The van der Waals surface area contributed by atoms with Gasteiger partial charge < -0.3 is 5.32 Å². The highest BCUT2D eigenvalue weighted by Crippen LogP contribution is 2.07. The van der Waals surface area contributed by atoms with Crippen LogP contribution in [-0.4, -0.2) is 31.2 Å². The zero-order valence-electron chi connectivity index (χ0n) is 12.3. The van der Waals surface area contributed by atoms with Gasteiger partial charge in [-0.15, -0.1) is 0 Å². The lowest BCUT2D eigenvalue weighted by Crippen LogP contribution is -2.50. The number of nitrogens with zero attached hydrogens (tertiary/aromatic N) is 2. The molecule has 0 unspecified atom stereocenters. The van der Waals surface area contributed by atoms with Crippen molar-refractivity contribution >= 4 is 5.95 Å². The number of rotatable bonds is 3. The normalized spacial score (nSPS) is 15.2. The summed E-state index contributed by atoms with van der Waals surface area (Å²) in [4.78, 5) is 17.6. The molecule has 1 saturated heterocycles. The zero-order chi connectivity index (χ0) is 14.7. The van der Waals surface area contributed by atoms with E-state index in [1.165, 1.54) is 0 Å². The summed E-state index contributed by atoms with van der Waals surface area (Å²) in [6, 6.07) is 10.1. The average Bonchev–Trinajstić information content (AvgIpc) is 2.52.